The number of aromatic amines is 1. The summed E-state index contributed by atoms with van der Waals surface area (Å²) in [4.78, 5) is 79.4. The van der Waals surface area contributed by atoms with Crippen molar-refractivity contribution in [2.24, 2.45) is 11.5 Å². The Bertz CT molecular complexity index is 1160. The Kier molecular flexibility index (Phi) is 11.6. The summed E-state index contributed by atoms with van der Waals surface area (Å²) >= 11 is 0. The number of aliphatic carboxylic acids is 2. The van der Waals surface area contributed by atoms with E-state index in [1.165, 1.54) is 12.5 Å². The van der Waals surface area contributed by atoms with Crippen LogP contribution in [0.2, 0.25) is 0 Å². The Morgan fingerprint density at radius 3 is 2.05 bits per heavy atom. The summed E-state index contributed by atoms with van der Waals surface area (Å²) in [6.07, 6.45) is 1.14. The first kappa shape index (κ1) is 30.4. The van der Waals surface area contributed by atoms with E-state index in [2.05, 4.69) is 25.9 Å². The molecule has 10 N–H and O–H groups in total. The molecule has 4 atom stereocenters. The van der Waals surface area contributed by atoms with Crippen LogP contribution in [-0.4, -0.2) is 79.9 Å². The molecule has 0 saturated heterocycles. The molecule has 15 nitrogen and oxygen atoms in total. The Labute approximate surface area is 222 Å². The van der Waals surface area contributed by atoms with Gasteiger partial charge in [-0.25, -0.2) is 9.78 Å². The molecule has 1 aromatic heterocycles. The molecule has 39 heavy (non-hydrogen) atoms. The van der Waals surface area contributed by atoms with Crippen molar-refractivity contribution in [2.45, 2.75) is 56.3 Å². The van der Waals surface area contributed by atoms with Crippen LogP contribution in [-0.2, 0) is 41.6 Å². The third-order valence-electron chi connectivity index (χ3n) is 5.55. The molecule has 210 valence electrons. The largest absolute Gasteiger partial charge is 0.481 e. The number of hydrogen-bond acceptors (Lipinski definition) is 8. The second kappa shape index (κ2) is 14.8. The number of aromatic nitrogens is 2. The van der Waals surface area contributed by atoms with Crippen molar-refractivity contribution in [2.75, 3.05) is 0 Å². The monoisotopic (exact) mass is 545 g/mol. The average Bonchev–Trinajstić information content (AvgIpc) is 3.38. The third-order valence-corrected chi connectivity index (χ3v) is 5.55. The molecule has 0 radical (unpaired) electrons. The van der Waals surface area contributed by atoms with Gasteiger partial charge in [0.2, 0.25) is 23.6 Å². The molecular weight excluding hydrogens is 514 g/mol. The van der Waals surface area contributed by atoms with Gasteiger partial charge in [-0.3, -0.25) is 24.0 Å². The molecule has 0 aliphatic carbocycles. The molecule has 0 aliphatic heterocycles. The summed E-state index contributed by atoms with van der Waals surface area (Å²) in [7, 11) is 0. The second-order valence-corrected chi connectivity index (χ2v) is 8.70. The van der Waals surface area contributed by atoms with Crippen molar-refractivity contribution < 1.29 is 39.0 Å². The van der Waals surface area contributed by atoms with E-state index >= 15 is 0 Å². The number of H-pyrrole nitrogens is 1. The Hall–Kier alpha value is -4.79. The molecule has 0 fully saturated rings. The predicted octanol–water partition coefficient (Wildman–Crippen LogP) is -2.20. The number of nitrogens with two attached hydrogens (primary N) is 2. The molecule has 0 saturated carbocycles. The number of imidazole rings is 1. The quantitative estimate of drug-likeness (QED) is 0.113. The van der Waals surface area contributed by atoms with Crippen molar-refractivity contribution >= 4 is 35.6 Å². The average molecular weight is 546 g/mol. The Balaban J connectivity index is 2.17. The lowest BCUT2D eigenvalue weighted by Gasteiger charge is -2.24. The highest BCUT2D eigenvalue weighted by Gasteiger charge is 2.31. The van der Waals surface area contributed by atoms with Crippen LogP contribution >= 0.6 is 0 Å². The van der Waals surface area contributed by atoms with Gasteiger partial charge in [0.15, 0.2) is 0 Å². The number of hydrogen-bond donors (Lipinski definition) is 8. The lowest BCUT2D eigenvalue weighted by molar-refractivity contribution is -0.143. The number of primary amides is 1. The van der Waals surface area contributed by atoms with E-state index < -0.39 is 79.0 Å². The topological polar surface area (TPSA) is 260 Å². The highest BCUT2D eigenvalue weighted by molar-refractivity contribution is 5.96. The number of carboxylic acid groups (broad SMARTS) is 2. The summed E-state index contributed by atoms with van der Waals surface area (Å²) in [5.74, 6) is -6.28. The van der Waals surface area contributed by atoms with Crippen molar-refractivity contribution in [1.29, 1.82) is 0 Å². The fourth-order valence-electron chi connectivity index (χ4n) is 3.55. The maximum Gasteiger partial charge on any atom is 0.326 e. The Morgan fingerprint density at radius 1 is 0.872 bits per heavy atom. The van der Waals surface area contributed by atoms with Crippen LogP contribution in [0.1, 0.15) is 30.5 Å². The van der Waals surface area contributed by atoms with Gasteiger partial charge in [0.25, 0.3) is 0 Å². The molecule has 1 heterocycles. The van der Waals surface area contributed by atoms with E-state index in [-0.39, 0.29) is 12.8 Å². The number of carboxylic acids is 2. The van der Waals surface area contributed by atoms with Gasteiger partial charge < -0.3 is 42.6 Å². The second-order valence-electron chi connectivity index (χ2n) is 8.70. The first-order valence-electron chi connectivity index (χ1n) is 11.9. The standard InChI is InChI=1S/C24H31N7O8/c25-15(8-13-4-2-1-3-5-13)21(35)30-18(10-19(26)32)23(37)31-17(9-14-11-27-12-28-14)22(36)29-16(24(38)39)6-7-20(33)34/h1-5,11-12,15-18H,6-10,25H2,(H2,26,32)(H,27,28)(H,29,36)(H,30,35)(H,31,37)(H,33,34)(H,38,39). The van der Waals surface area contributed by atoms with Gasteiger partial charge in [-0.15, -0.1) is 0 Å². The van der Waals surface area contributed by atoms with E-state index in [4.69, 9.17) is 16.6 Å². The third kappa shape index (κ3) is 10.6. The lowest BCUT2D eigenvalue weighted by Crippen LogP contribution is -2.58. The normalized spacial score (nSPS) is 13.8. The molecule has 1 aromatic carbocycles. The van der Waals surface area contributed by atoms with Gasteiger partial charge in [0, 0.05) is 24.7 Å². The Morgan fingerprint density at radius 2 is 1.49 bits per heavy atom. The number of carbonyl (C=O) groups is 6. The number of nitrogens with zero attached hydrogens (tertiary/aromatic N) is 1. The summed E-state index contributed by atoms with van der Waals surface area (Å²) < 4.78 is 0. The van der Waals surface area contributed by atoms with E-state index in [1.54, 1.807) is 30.3 Å². The molecule has 2 rings (SSSR count). The fourth-order valence-corrected chi connectivity index (χ4v) is 3.55. The first-order chi connectivity index (χ1) is 18.5. The minimum Gasteiger partial charge on any atom is -0.481 e. The molecule has 4 unspecified atom stereocenters. The molecule has 15 heteroatoms. The van der Waals surface area contributed by atoms with Crippen LogP contribution in [0.4, 0.5) is 0 Å². The lowest BCUT2D eigenvalue weighted by atomic mass is 10.0. The fraction of sp³-hybridized carbons (Fsp3) is 0.375. The SMILES string of the molecule is NC(=O)CC(NC(=O)C(N)Cc1ccccc1)C(=O)NC(Cc1cnc[nH]1)C(=O)NC(CCC(=O)O)C(=O)O. The maximum atomic E-state index is 13.1. The minimum absolute atomic E-state index is 0.148. The molecule has 0 bridgehead atoms. The zero-order valence-electron chi connectivity index (χ0n) is 20.8. The smallest absolute Gasteiger partial charge is 0.326 e. The molecule has 4 amide bonds. The molecule has 0 spiro atoms. The van der Waals surface area contributed by atoms with Crippen molar-refractivity contribution in [3.63, 3.8) is 0 Å². The van der Waals surface area contributed by atoms with Crippen LogP contribution in [0.25, 0.3) is 0 Å². The van der Waals surface area contributed by atoms with Crippen LogP contribution in [0.3, 0.4) is 0 Å². The maximum absolute atomic E-state index is 13.1. The van der Waals surface area contributed by atoms with Crippen molar-refractivity contribution in [1.82, 2.24) is 25.9 Å². The predicted molar refractivity (Wildman–Crippen MR) is 135 cm³/mol. The van der Waals surface area contributed by atoms with E-state index in [1.807, 2.05) is 0 Å². The van der Waals surface area contributed by atoms with Crippen LogP contribution in [0.15, 0.2) is 42.9 Å². The van der Waals surface area contributed by atoms with Gasteiger partial charge in [-0.05, 0) is 18.4 Å². The van der Waals surface area contributed by atoms with Gasteiger partial charge in [0.05, 0.1) is 18.8 Å². The minimum atomic E-state index is -1.55. The highest BCUT2D eigenvalue weighted by atomic mass is 16.4. The van der Waals surface area contributed by atoms with E-state index in [9.17, 15) is 33.9 Å². The number of rotatable bonds is 16. The zero-order valence-corrected chi connectivity index (χ0v) is 20.8. The molecule has 2 aromatic rings. The van der Waals surface area contributed by atoms with Crippen molar-refractivity contribution in [3.05, 3.63) is 54.1 Å². The number of amides is 4. The van der Waals surface area contributed by atoms with E-state index in [0.29, 0.717) is 5.69 Å². The molecular formula is C24H31N7O8. The zero-order chi connectivity index (χ0) is 28.9. The van der Waals surface area contributed by atoms with Crippen LogP contribution in [0.5, 0.6) is 0 Å². The summed E-state index contributed by atoms with van der Waals surface area (Å²) in [6, 6.07) is 3.36. The van der Waals surface area contributed by atoms with Crippen LogP contribution in [0, 0.1) is 0 Å². The number of carbonyl (C=O) groups excluding carboxylic acids is 4. The highest BCUT2D eigenvalue weighted by Crippen LogP contribution is 2.06. The number of nitrogens with one attached hydrogen (secondary N) is 4. The van der Waals surface area contributed by atoms with Gasteiger partial charge >= 0.3 is 11.9 Å². The van der Waals surface area contributed by atoms with Gasteiger partial charge in [-0.1, -0.05) is 30.3 Å². The van der Waals surface area contributed by atoms with Crippen LogP contribution < -0.4 is 27.4 Å². The summed E-state index contributed by atoms with van der Waals surface area (Å²) in [5, 5.41) is 25.2. The summed E-state index contributed by atoms with van der Waals surface area (Å²) in [5.41, 5.74) is 12.4. The number of benzene rings is 1. The first-order valence-corrected chi connectivity index (χ1v) is 11.9. The van der Waals surface area contributed by atoms with Gasteiger partial charge in [0.1, 0.15) is 18.1 Å². The molecule has 0 aliphatic rings. The van der Waals surface area contributed by atoms with E-state index in [0.717, 1.165) is 5.56 Å². The van der Waals surface area contributed by atoms with Gasteiger partial charge in [-0.2, -0.15) is 0 Å². The summed E-state index contributed by atoms with van der Waals surface area (Å²) in [6.45, 7) is 0. The van der Waals surface area contributed by atoms with Crippen molar-refractivity contribution in [3.8, 4) is 0 Å².